The number of aliphatic hydroxyl groups excluding tert-OH is 1. The molecule has 0 aromatic carbocycles. The molecule has 19 heavy (non-hydrogen) atoms. The van der Waals surface area contributed by atoms with Crippen LogP contribution in [0.5, 0.6) is 0 Å². The van der Waals surface area contributed by atoms with Gasteiger partial charge in [0.1, 0.15) is 6.33 Å². The largest absolute Gasteiger partial charge is 0.396 e. The first-order chi connectivity index (χ1) is 9.13. The third kappa shape index (κ3) is 3.98. The highest BCUT2D eigenvalue weighted by Crippen LogP contribution is 2.28. The summed E-state index contributed by atoms with van der Waals surface area (Å²) in [4.78, 5) is 17.9. The van der Waals surface area contributed by atoms with Crippen molar-refractivity contribution < 1.29 is 14.8 Å². The maximum atomic E-state index is 11.0. The van der Waals surface area contributed by atoms with Crippen molar-refractivity contribution in [3.8, 4) is 0 Å². The van der Waals surface area contributed by atoms with Crippen LogP contribution in [0, 0.1) is 10.1 Å². The number of nitrogens with one attached hydrogen (secondary N) is 2. The Morgan fingerprint density at radius 3 is 2.79 bits per heavy atom. The molecule has 1 aromatic heterocycles. The zero-order chi connectivity index (χ0) is 14.3. The number of nitro groups is 1. The lowest BCUT2D eigenvalue weighted by atomic mass is 10.2. The molecule has 1 atom stereocenters. The Balaban J connectivity index is 3.01. The molecule has 1 rings (SSSR count). The van der Waals surface area contributed by atoms with Crippen molar-refractivity contribution in [3.63, 3.8) is 0 Å². The van der Waals surface area contributed by atoms with Crippen molar-refractivity contribution in [3.05, 3.63) is 16.4 Å². The third-order valence-electron chi connectivity index (χ3n) is 2.33. The lowest BCUT2D eigenvalue weighted by Gasteiger charge is -2.17. The first kappa shape index (κ1) is 15.0. The summed E-state index contributed by atoms with van der Waals surface area (Å²) < 4.78 is 4.96. The number of hydrogen-bond acceptors (Lipinski definition) is 9. The number of rotatable bonds is 8. The Kier molecular flexibility index (Phi) is 5.85. The quantitative estimate of drug-likeness (QED) is 0.278. The first-order valence-electron chi connectivity index (χ1n) is 5.46. The number of nitrogens with zero attached hydrogens (tertiary/aromatic N) is 3. The minimum absolute atomic E-state index is 0.0171. The van der Waals surface area contributed by atoms with Crippen LogP contribution in [-0.2, 0) is 4.74 Å². The Hall–Kier alpha value is -2.04. The van der Waals surface area contributed by atoms with E-state index in [-0.39, 0.29) is 36.6 Å². The SMILES string of the molecule is COCC(CCO)Nc1ncnc(NN)c1[N+](=O)[O-]. The third-order valence-corrected chi connectivity index (χ3v) is 2.33. The highest BCUT2D eigenvalue weighted by atomic mass is 16.6. The lowest BCUT2D eigenvalue weighted by molar-refractivity contribution is -0.383. The van der Waals surface area contributed by atoms with Gasteiger partial charge >= 0.3 is 5.69 Å². The number of aromatic nitrogens is 2. The smallest absolute Gasteiger partial charge is 0.354 e. The van der Waals surface area contributed by atoms with Gasteiger partial charge < -0.3 is 20.6 Å². The molecule has 0 amide bonds. The Bertz CT molecular complexity index is 423. The van der Waals surface area contributed by atoms with Gasteiger partial charge in [0.2, 0.25) is 11.6 Å². The standard InChI is InChI=1S/C9H16N6O4/c1-19-4-6(2-3-16)13-8-7(15(17)18)9(14-10)12-5-11-8/h5-6,16H,2-4,10H2,1H3,(H2,11,12,13,14). The van der Waals surface area contributed by atoms with Crippen molar-refractivity contribution >= 4 is 17.3 Å². The molecule has 0 aliphatic heterocycles. The number of anilines is 2. The normalized spacial score (nSPS) is 11.9. The van der Waals surface area contributed by atoms with E-state index in [1.165, 1.54) is 7.11 Å². The van der Waals surface area contributed by atoms with Crippen LogP contribution >= 0.6 is 0 Å². The summed E-state index contributed by atoms with van der Waals surface area (Å²) in [5.74, 6) is 5.09. The van der Waals surface area contributed by atoms with Gasteiger partial charge in [-0.15, -0.1) is 0 Å². The molecule has 10 heteroatoms. The highest BCUT2D eigenvalue weighted by molar-refractivity contribution is 5.69. The molecule has 1 heterocycles. The van der Waals surface area contributed by atoms with E-state index in [4.69, 9.17) is 15.7 Å². The van der Waals surface area contributed by atoms with Crippen LogP contribution in [0.25, 0.3) is 0 Å². The van der Waals surface area contributed by atoms with Gasteiger partial charge in [-0.25, -0.2) is 15.8 Å². The molecule has 0 aliphatic carbocycles. The number of nitrogen functional groups attached to an aromatic ring is 1. The summed E-state index contributed by atoms with van der Waals surface area (Å²) in [5, 5.41) is 22.8. The average Bonchev–Trinajstić information content (AvgIpc) is 2.38. The van der Waals surface area contributed by atoms with Gasteiger partial charge in [0.15, 0.2) is 0 Å². The monoisotopic (exact) mass is 272 g/mol. The fourth-order valence-corrected chi connectivity index (χ4v) is 1.51. The van der Waals surface area contributed by atoms with Crippen LogP contribution < -0.4 is 16.6 Å². The summed E-state index contributed by atoms with van der Waals surface area (Å²) >= 11 is 0. The predicted octanol–water partition coefficient (Wildman–Crippen LogP) is -0.520. The van der Waals surface area contributed by atoms with Gasteiger partial charge in [-0.2, -0.15) is 0 Å². The van der Waals surface area contributed by atoms with Crippen molar-refractivity contribution in [2.75, 3.05) is 31.1 Å². The van der Waals surface area contributed by atoms with E-state index in [1.807, 2.05) is 0 Å². The molecule has 0 fully saturated rings. The van der Waals surface area contributed by atoms with Gasteiger partial charge in [0, 0.05) is 13.7 Å². The van der Waals surface area contributed by atoms with Crippen LogP contribution in [-0.4, -0.2) is 46.4 Å². The Morgan fingerprint density at radius 1 is 1.58 bits per heavy atom. The summed E-state index contributed by atoms with van der Waals surface area (Å²) in [6.07, 6.45) is 1.51. The molecule has 106 valence electrons. The van der Waals surface area contributed by atoms with Gasteiger partial charge in [-0.05, 0) is 6.42 Å². The van der Waals surface area contributed by atoms with E-state index in [0.717, 1.165) is 6.33 Å². The minimum Gasteiger partial charge on any atom is -0.396 e. The second kappa shape index (κ2) is 7.41. The second-order valence-corrected chi connectivity index (χ2v) is 3.63. The van der Waals surface area contributed by atoms with Gasteiger partial charge in [0.05, 0.1) is 17.6 Å². The minimum atomic E-state index is -0.639. The molecule has 0 saturated heterocycles. The number of ether oxygens (including phenoxy) is 1. The molecular formula is C9H16N6O4. The molecular weight excluding hydrogens is 256 g/mol. The van der Waals surface area contributed by atoms with E-state index in [0.29, 0.717) is 6.42 Å². The average molecular weight is 272 g/mol. The van der Waals surface area contributed by atoms with Crippen molar-refractivity contribution in [1.82, 2.24) is 9.97 Å². The van der Waals surface area contributed by atoms with Gasteiger partial charge in [-0.1, -0.05) is 0 Å². The molecule has 0 radical (unpaired) electrons. The fraction of sp³-hybridized carbons (Fsp3) is 0.556. The lowest BCUT2D eigenvalue weighted by Crippen LogP contribution is -2.27. The van der Waals surface area contributed by atoms with E-state index in [2.05, 4.69) is 20.7 Å². The van der Waals surface area contributed by atoms with Gasteiger partial charge in [0.25, 0.3) is 0 Å². The van der Waals surface area contributed by atoms with Crippen LogP contribution in [0.1, 0.15) is 6.42 Å². The van der Waals surface area contributed by atoms with E-state index >= 15 is 0 Å². The Labute approximate surface area is 109 Å². The zero-order valence-electron chi connectivity index (χ0n) is 10.4. The first-order valence-corrected chi connectivity index (χ1v) is 5.46. The summed E-state index contributed by atoms with van der Waals surface area (Å²) in [5.41, 5.74) is 1.78. The number of hydrogen-bond donors (Lipinski definition) is 4. The van der Waals surface area contributed by atoms with Crippen molar-refractivity contribution in [2.24, 2.45) is 5.84 Å². The molecule has 1 aromatic rings. The maximum Gasteiger partial charge on any atom is 0.354 e. The number of nitrogens with two attached hydrogens (primary N) is 1. The molecule has 0 aliphatic rings. The van der Waals surface area contributed by atoms with Crippen molar-refractivity contribution in [1.29, 1.82) is 0 Å². The van der Waals surface area contributed by atoms with Crippen LogP contribution in [0.15, 0.2) is 6.33 Å². The molecule has 5 N–H and O–H groups in total. The van der Waals surface area contributed by atoms with E-state index < -0.39 is 4.92 Å². The predicted molar refractivity (Wildman–Crippen MR) is 67.5 cm³/mol. The molecule has 0 bridgehead atoms. The fourth-order valence-electron chi connectivity index (χ4n) is 1.51. The number of aliphatic hydroxyl groups is 1. The molecule has 10 nitrogen and oxygen atoms in total. The summed E-state index contributed by atoms with van der Waals surface area (Å²) in [7, 11) is 1.49. The second-order valence-electron chi connectivity index (χ2n) is 3.63. The molecule has 0 saturated carbocycles. The topological polar surface area (TPSA) is 148 Å². The van der Waals surface area contributed by atoms with Crippen LogP contribution in [0.3, 0.4) is 0 Å². The summed E-state index contributed by atoms with van der Waals surface area (Å²) in [6, 6.07) is -0.311. The molecule has 0 spiro atoms. The molecule has 1 unspecified atom stereocenters. The van der Waals surface area contributed by atoms with E-state index in [9.17, 15) is 10.1 Å². The Morgan fingerprint density at radius 2 is 2.26 bits per heavy atom. The zero-order valence-corrected chi connectivity index (χ0v) is 10.4. The maximum absolute atomic E-state index is 11.0. The van der Waals surface area contributed by atoms with Crippen LogP contribution in [0.2, 0.25) is 0 Å². The highest BCUT2D eigenvalue weighted by Gasteiger charge is 2.24. The van der Waals surface area contributed by atoms with Crippen LogP contribution in [0.4, 0.5) is 17.3 Å². The number of hydrazine groups is 1. The van der Waals surface area contributed by atoms with E-state index in [1.54, 1.807) is 0 Å². The van der Waals surface area contributed by atoms with Crippen molar-refractivity contribution in [2.45, 2.75) is 12.5 Å². The van der Waals surface area contributed by atoms with Gasteiger partial charge in [-0.3, -0.25) is 10.1 Å². The summed E-state index contributed by atoms with van der Waals surface area (Å²) in [6.45, 7) is 0.189. The number of methoxy groups -OCH3 is 1.